The Balaban J connectivity index is 2.71. The first-order valence-corrected chi connectivity index (χ1v) is 4.47. The van der Waals surface area contributed by atoms with E-state index in [0.29, 0.717) is 0 Å². The number of aliphatic hydroxyl groups excluding tert-OH is 1. The largest absolute Gasteiger partial charge is 0.419 e. The highest BCUT2D eigenvalue weighted by Crippen LogP contribution is 2.21. The number of hydrogen-bond acceptors (Lipinski definition) is 6. The van der Waals surface area contributed by atoms with Crippen LogP contribution in [0.5, 0.6) is 0 Å². The molecule has 0 atom stereocenters. The number of hydrogen-bond donors (Lipinski definition) is 2. The van der Waals surface area contributed by atoms with Crippen LogP contribution >= 0.6 is 0 Å². The second-order valence-corrected chi connectivity index (χ2v) is 3.41. The summed E-state index contributed by atoms with van der Waals surface area (Å²) in [5, 5.41) is 11.1. The Morgan fingerprint density at radius 3 is 2.33 bits per heavy atom. The molecule has 1 heterocycles. The zero-order valence-corrected chi connectivity index (χ0v) is 8.57. The van der Waals surface area contributed by atoms with E-state index in [2.05, 4.69) is 5.32 Å². The average Bonchev–Trinajstić information content (AvgIpc) is 2.08. The molecule has 0 unspecified atom stereocenters. The highest BCUT2D eigenvalue weighted by atomic mass is 16.7. The number of aliphatic hydroxyl groups is 1. The van der Waals surface area contributed by atoms with Gasteiger partial charge in [-0.25, -0.2) is 9.59 Å². The topological polar surface area (TPSA) is 84.9 Å². The molecule has 1 aliphatic rings. The Kier molecular flexibility index (Phi) is 3.31. The molecule has 6 nitrogen and oxygen atoms in total. The van der Waals surface area contributed by atoms with Gasteiger partial charge in [-0.15, -0.1) is 0 Å². The number of carbonyl (C=O) groups excluding carboxylic acids is 2. The van der Waals surface area contributed by atoms with Gasteiger partial charge in [-0.2, -0.15) is 0 Å². The van der Waals surface area contributed by atoms with E-state index in [1.54, 1.807) is 0 Å². The minimum Gasteiger partial charge on any atom is -0.419 e. The van der Waals surface area contributed by atoms with Crippen molar-refractivity contribution in [2.75, 3.05) is 13.2 Å². The fraction of sp³-hybridized carbons (Fsp3) is 0.556. The van der Waals surface area contributed by atoms with Gasteiger partial charge in [0.15, 0.2) is 5.57 Å². The van der Waals surface area contributed by atoms with Crippen LogP contribution in [0.1, 0.15) is 13.8 Å². The fourth-order valence-corrected chi connectivity index (χ4v) is 1.02. The van der Waals surface area contributed by atoms with Crippen molar-refractivity contribution in [3.05, 3.63) is 11.8 Å². The maximum atomic E-state index is 11.3. The molecule has 0 aromatic rings. The normalized spacial score (nSPS) is 19.3. The molecular formula is C9H13NO5. The highest BCUT2D eigenvalue weighted by molar-refractivity contribution is 6.15. The van der Waals surface area contributed by atoms with E-state index in [-0.39, 0.29) is 18.7 Å². The second kappa shape index (κ2) is 4.31. The van der Waals surface area contributed by atoms with Gasteiger partial charge in [-0.1, -0.05) is 0 Å². The summed E-state index contributed by atoms with van der Waals surface area (Å²) >= 11 is 0. The summed E-state index contributed by atoms with van der Waals surface area (Å²) in [6.45, 7) is 3.09. The predicted octanol–water partition coefficient (Wildman–Crippen LogP) is -0.712. The first kappa shape index (κ1) is 11.5. The molecule has 2 N–H and O–H groups in total. The van der Waals surface area contributed by atoms with Gasteiger partial charge in [0.2, 0.25) is 0 Å². The summed E-state index contributed by atoms with van der Waals surface area (Å²) in [6.07, 6.45) is 1.18. The predicted molar refractivity (Wildman–Crippen MR) is 49.4 cm³/mol. The molecule has 0 aromatic carbocycles. The van der Waals surface area contributed by atoms with Crippen molar-refractivity contribution in [3.63, 3.8) is 0 Å². The number of rotatable bonds is 3. The minimum absolute atomic E-state index is 0.0978. The van der Waals surface area contributed by atoms with Crippen LogP contribution in [0.15, 0.2) is 11.8 Å². The van der Waals surface area contributed by atoms with Gasteiger partial charge in [0.05, 0.1) is 6.61 Å². The standard InChI is InChI=1S/C9H13NO5/c1-9(2)14-7(12)6(8(13)15-9)5-10-3-4-11/h5,10-11H,3-4H2,1-2H3. The van der Waals surface area contributed by atoms with Crippen molar-refractivity contribution in [2.45, 2.75) is 19.6 Å². The van der Waals surface area contributed by atoms with Crippen molar-refractivity contribution < 1.29 is 24.2 Å². The first-order chi connectivity index (χ1) is 6.96. The van der Waals surface area contributed by atoms with Gasteiger partial charge >= 0.3 is 11.9 Å². The maximum Gasteiger partial charge on any atom is 0.350 e. The Morgan fingerprint density at radius 2 is 1.87 bits per heavy atom. The van der Waals surface area contributed by atoms with Crippen LogP contribution in [0.4, 0.5) is 0 Å². The molecule has 1 rings (SSSR count). The third-order valence-electron chi connectivity index (χ3n) is 1.62. The molecule has 0 spiro atoms. The summed E-state index contributed by atoms with van der Waals surface area (Å²) in [5.41, 5.74) is -0.206. The molecule has 0 bridgehead atoms. The quantitative estimate of drug-likeness (QED) is 0.280. The third-order valence-corrected chi connectivity index (χ3v) is 1.62. The van der Waals surface area contributed by atoms with Crippen LogP contribution in [-0.2, 0) is 19.1 Å². The molecule has 0 aliphatic carbocycles. The lowest BCUT2D eigenvalue weighted by molar-refractivity contribution is -0.222. The minimum atomic E-state index is -1.22. The van der Waals surface area contributed by atoms with Crippen LogP contribution in [0, 0.1) is 0 Å². The van der Waals surface area contributed by atoms with Crippen molar-refractivity contribution in [3.8, 4) is 0 Å². The summed E-state index contributed by atoms with van der Waals surface area (Å²) in [7, 11) is 0. The third kappa shape index (κ3) is 2.95. The molecular weight excluding hydrogens is 202 g/mol. The van der Waals surface area contributed by atoms with Crippen LogP contribution in [0.2, 0.25) is 0 Å². The van der Waals surface area contributed by atoms with Gasteiger partial charge in [-0.3, -0.25) is 0 Å². The van der Waals surface area contributed by atoms with Crippen LogP contribution < -0.4 is 5.32 Å². The number of carbonyl (C=O) groups is 2. The Hall–Kier alpha value is -1.56. The molecule has 0 aromatic heterocycles. The lowest BCUT2D eigenvalue weighted by Gasteiger charge is -2.29. The summed E-state index contributed by atoms with van der Waals surface area (Å²) in [6, 6.07) is 0. The van der Waals surface area contributed by atoms with E-state index in [1.807, 2.05) is 0 Å². The summed E-state index contributed by atoms with van der Waals surface area (Å²) < 4.78 is 9.67. The van der Waals surface area contributed by atoms with Crippen molar-refractivity contribution in [1.82, 2.24) is 5.32 Å². The van der Waals surface area contributed by atoms with Gasteiger partial charge in [0.1, 0.15) is 0 Å². The number of nitrogens with one attached hydrogen (secondary N) is 1. The monoisotopic (exact) mass is 215 g/mol. The van der Waals surface area contributed by atoms with Gasteiger partial charge in [0.25, 0.3) is 5.79 Å². The molecule has 0 saturated carbocycles. The van der Waals surface area contributed by atoms with E-state index in [0.717, 1.165) is 0 Å². The van der Waals surface area contributed by atoms with Crippen LogP contribution in [-0.4, -0.2) is 36.0 Å². The van der Waals surface area contributed by atoms with Crippen LogP contribution in [0.25, 0.3) is 0 Å². The molecule has 1 fully saturated rings. The second-order valence-electron chi connectivity index (χ2n) is 3.41. The van der Waals surface area contributed by atoms with Crippen molar-refractivity contribution in [2.24, 2.45) is 0 Å². The van der Waals surface area contributed by atoms with E-state index in [9.17, 15) is 9.59 Å². The number of cyclic esters (lactones) is 2. The van der Waals surface area contributed by atoms with Gasteiger partial charge in [0, 0.05) is 26.6 Å². The Labute approximate surface area is 86.9 Å². The highest BCUT2D eigenvalue weighted by Gasteiger charge is 2.38. The Morgan fingerprint density at radius 1 is 1.33 bits per heavy atom. The average molecular weight is 215 g/mol. The summed E-state index contributed by atoms with van der Waals surface area (Å²) in [4.78, 5) is 22.6. The molecule has 0 amide bonds. The first-order valence-electron chi connectivity index (χ1n) is 4.47. The SMILES string of the molecule is CC1(C)OC(=O)C(=CNCCO)C(=O)O1. The van der Waals surface area contributed by atoms with E-state index < -0.39 is 17.7 Å². The zero-order valence-electron chi connectivity index (χ0n) is 8.57. The van der Waals surface area contributed by atoms with Gasteiger partial charge in [-0.05, 0) is 0 Å². The smallest absolute Gasteiger partial charge is 0.350 e. The number of esters is 2. The Bertz CT molecular complexity index is 286. The maximum absolute atomic E-state index is 11.3. The molecule has 1 saturated heterocycles. The van der Waals surface area contributed by atoms with Gasteiger partial charge < -0.3 is 19.9 Å². The number of ether oxygens (including phenoxy) is 2. The molecule has 0 radical (unpaired) electrons. The van der Waals surface area contributed by atoms with Crippen molar-refractivity contribution >= 4 is 11.9 Å². The molecule has 84 valence electrons. The van der Waals surface area contributed by atoms with E-state index in [4.69, 9.17) is 14.6 Å². The fourth-order valence-electron chi connectivity index (χ4n) is 1.02. The van der Waals surface area contributed by atoms with Crippen molar-refractivity contribution in [1.29, 1.82) is 0 Å². The van der Waals surface area contributed by atoms with E-state index >= 15 is 0 Å². The van der Waals surface area contributed by atoms with E-state index in [1.165, 1.54) is 20.0 Å². The molecule has 1 aliphatic heterocycles. The lowest BCUT2D eigenvalue weighted by atomic mass is 10.2. The lowest BCUT2D eigenvalue weighted by Crippen LogP contribution is -2.42. The molecule has 15 heavy (non-hydrogen) atoms. The summed E-state index contributed by atoms with van der Waals surface area (Å²) in [5.74, 6) is -2.69. The zero-order chi connectivity index (χ0) is 11.5. The molecule has 6 heteroatoms. The van der Waals surface area contributed by atoms with Crippen LogP contribution in [0.3, 0.4) is 0 Å².